The zero-order valence-corrected chi connectivity index (χ0v) is 11.3. The highest BCUT2D eigenvalue weighted by Gasteiger charge is 2.19. The number of nitrogens with zero attached hydrogens (tertiary/aromatic N) is 1. The normalized spacial score (nSPS) is 19.4. The molecule has 94 valence electrons. The average molecular weight is 232 g/mol. The molecule has 1 aromatic rings. The molecule has 1 aliphatic heterocycles. The molecule has 1 heterocycles. The van der Waals surface area contributed by atoms with Gasteiger partial charge >= 0.3 is 0 Å². The van der Waals surface area contributed by atoms with Gasteiger partial charge < -0.3 is 10.2 Å². The Kier molecular flexibility index (Phi) is 4.19. The molecule has 1 aromatic carbocycles. The Labute approximate surface area is 105 Å². The molecule has 0 saturated carbocycles. The van der Waals surface area contributed by atoms with E-state index in [9.17, 15) is 0 Å². The van der Waals surface area contributed by atoms with E-state index in [1.807, 2.05) is 0 Å². The summed E-state index contributed by atoms with van der Waals surface area (Å²) in [7, 11) is 0. The molecule has 1 N–H and O–H groups in total. The molecule has 0 amide bonds. The van der Waals surface area contributed by atoms with Gasteiger partial charge in [-0.05, 0) is 37.6 Å². The second kappa shape index (κ2) is 5.65. The number of hydrogen-bond acceptors (Lipinski definition) is 2. The number of aryl methyl sites for hydroxylation is 1. The van der Waals surface area contributed by atoms with Crippen LogP contribution < -0.4 is 5.32 Å². The van der Waals surface area contributed by atoms with Crippen LogP contribution >= 0.6 is 0 Å². The number of nitrogens with one attached hydrogen (secondary N) is 1. The molecule has 0 spiro atoms. The van der Waals surface area contributed by atoms with Crippen molar-refractivity contribution in [2.75, 3.05) is 19.6 Å². The number of rotatable bonds is 4. The first kappa shape index (κ1) is 12.6. The van der Waals surface area contributed by atoms with Gasteiger partial charge in [0.05, 0.1) is 0 Å². The summed E-state index contributed by atoms with van der Waals surface area (Å²) in [5.41, 5.74) is 4.40. The van der Waals surface area contributed by atoms with Crippen LogP contribution in [-0.4, -0.2) is 30.6 Å². The van der Waals surface area contributed by atoms with E-state index >= 15 is 0 Å². The van der Waals surface area contributed by atoms with Gasteiger partial charge in [-0.25, -0.2) is 0 Å². The standard InChI is InChI=1S/C15H24N2/c1-4-17(5-2)11-15-9-14-8-12(3)6-7-13(14)10-16-15/h6-8,15-16H,4-5,9-11H2,1-3H3. The second-order valence-corrected chi connectivity index (χ2v) is 5.04. The van der Waals surface area contributed by atoms with E-state index in [2.05, 4.69) is 49.2 Å². The lowest BCUT2D eigenvalue weighted by Crippen LogP contribution is -2.44. The summed E-state index contributed by atoms with van der Waals surface area (Å²) < 4.78 is 0. The highest BCUT2D eigenvalue weighted by atomic mass is 15.1. The van der Waals surface area contributed by atoms with Crippen LogP contribution in [0.1, 0.15) is 30.5 Å². The lowest BCUT2D eigenvalue weighted by Gasteiger charge is -2.30. The fourth-order valence-corrected chi connectivity index (χ4v) is 2.63. The van der Waals surface area contributed by atoms with Crippen LogP contribution in [0.4, 0.5) is 0 Å². The SMILES string of the molecule is CCN(CC)CC1Cc2cc(C)ccc2CN1. The zero-order chi connectivity index (χ0) is 12.3. The van der Waals surface area contributed by atoms with Crippen molar-refractivity contribution in [1.82, 2.24) is 10.2 Å². The molecule has 0 bridgehead atoms. The number of likely N-dealkylation sites (N-methyl/N-ethyl adjacent to an activating group) is 1. The number of hydrogen-bond donors (Lipinski definition) is 1. The van der Waals surface area contributed by atoms with Crippen molar-refractivity contribution in [2.24, 2.45) is 0 Å². The van der Waals surface area contributed by atoms with Crippen LogP contribution in [0.15, 0.2) is 18.2 Å². The summed E-state index contributed by atoms with van der Waals surface area (Å²) in [5, 5.41) is 3.65. The summed E-state index contributed by atoms with van der Waals surface area (Å²) in [6.45, 7) is 11.2. The van der Waals surface area contributed by atoms with Crippen LogP contribution in [0.3, 0.4) is 0 Å². The molecular formula is C15H24N2. The van der Waals surface area contributed by atoms with Gasteiger partial charge in [-0.3, -0.25) is 0 Å². The highest BCUT2D eigenvalue weighted by molar-refractivity contribution is 5.33. The van der Waals surface area contributed by atoms with Crippen LogP contribution in [0.25, 0.3) is 0 Å². The summed E-state index contributed by atoms with van der Waals surface area (Å²) >= 11 is 0. The zero-order valence-electron chi connectivity index (χ0n) is 11.3. The van der Waals surface area contributed by atoms with Gasteiger partial charge in [0.2, 0.25) is 0 Å². The van der Waals surface area contributed by atoms with Crippen molar-refractivity contribution in [3.8, 4) is 0 Å². The molecule has 0 aromatic heterocycles. The van der Waals surface area contributed by atoms with E-state index < -0.39 is 0 Å². The van der Waals surface area contributed by atoms with E-state index in [0.717, 1.165) is 19.6 Å². The first-order valence-electron chi connectivity index (χ1n) is 6.77. The summed E-state index contributed by atoms with van der Waals surface area (Å²) in [4.78, 5) is 2.50. The Morgan fingerprint density at radius 1 is 1.24 bits per heavy atom. The highest BCUT2D eigenvalue weighted by Crippen LogP contribution is 2.18. The lowest BCUT2D eigenvalue weighted by molar-refractivity contribution is 0.257. The minimum atomic E-state index is 0.615. The quantitative estimate of drug-likeness (QED) is 0.857. The Morgan fingerprint density at radius 3 is 2.71 bits per heavy atom. The maximum atomic E-state index is 3.65. The Morgan fingerprint density at radius 2 is 2.00 bits per heavy atom. The fourth-order valence-electron chi connectivity index (χ4n) is 2.63. The predicted molar refractivity (Wildman–Crippen MR) is 73.3 cm³/mol. The van der Waals surface area contributed by atoms with Gasteiger partial charge in [-0.15, -0.1) is 0 Å². The molecule has 17 heavy (non-hydrogen) atoms. The minimum Gasteiger partial charge on any atom is -0.308 e. The minimum absolute atomic E-state index is 0.615. The third kappa shape index (κ3) is 3.08. The molecule has 2 rings (SSSR count). The van der Waals surface area contributed by atoms with Crippen LogP contribution in [0.2, 0.25) is 0 Å². The van der Waals surface area contributed by atoms with E-state index in [1.54, 1.807) is 5.56 Å². The van der Waals surface area contributed by atoms with E-state index in [1.165, 1.54) is 24.1 Å². The van der Waals surface area contributed by atoms with Crippen molar-refractivity contribution in [3.63, 3.8) is 0 Å². The first-order chi connectivity index (χ1) is 8.22. The Hall–Kier alpha value is -0.860. The molecule has 1 unspecified atom stereocenters. The van der Waals surface area contributed by atoms with Gasteiger partial charge in [0.25, 0.3) is 0 Å². The van der Waals surface area contributed by atoms with Crippen LogP contribution in [0, 0.1) is 6.92 Å². The first-order valence-corrected chi connectivity index (χ1v) is 6.77. The van der Waals surface area contributed by atoms with Crippen LogP contribution in [0.5, 0.6) is 0 Å². The topological polar surface area (TPSA) is 15.3 Å². The van der Waals surface area contributed by atoms with Gasteiger partial charge in [0.15, 0.2) is 0 Å². The van der Waals surface area contributed by atoms with Crippen molar-refractivity contribution >= 4 is 0 Å². The average Bonchev–Trinajstić information content (AvgIpc) is 2.35. The van der Waals surface area contributed by atoms with Crippen molar-refractivity contribution in [1.29, 1.82) is 0 Å². The maximum Gasteiger partial charge on any atom is 0.0238 e. The monoisotopic (exact) mass is 232 g/mol. The fraction of sp³-hybridized carbons (Fsp3) is 0.600. The Bertz CT molecular complexity index is 369. The maximum absolute atomic E-state index is 3.65. The number of fused-ring (bicyclic) bond motifs is 1. The van der Waals surface area contributed by atoms with Gasteiger partial charge in [0, 0.05) is 19.1 Å². The smallest absolute Gasteiger partial charge is 0.0238 e. The van der Waals surface area contributed by atoms with E-state index in [4.69, 9.17) is 0 Å². The summed E-state index contributed by atoms with van der Waals surface area (Å²) in [6, 6.07) is 7.45. The summed E-state index contributed by atoms with van der Waals surface area (Å²) in [5.74, 6) is 0. The predicted octanol–water partition coefficient (Wildman–Crippen LogP) is 2.35. The van der Waals surface area contributed by atoms with Crippen molar-refractivity contribution < 1.29 is 0 Å². The molecule has 2 heteroatoms. The molecule has 2 nitrogen and oxygen atoms in total. The van der Waals surface area contributed by atoms with E-state index in [-0.39, 0.29) is 0 Å². The largest absolute Gasteiger partial charge is 0.308 e. The lowest BCUT2D eigenvalue weighted by atomic mass is 9.94. The summed E-state index contributed by atoms with van der Waals surface area (Å²) in [6.07, 6.45) is 1.17. The molecule has 0 saturated heterocycles. The number of benzene rings is 1. The van der Waals surface area contributed by atoms with Gasteiger partial charge in [-0.1, -0.05) is 37.6 Å². The van der Waals surface area contributed by atoms with Crippen LogP contribution in [-0.2, 0) is 13.0 Å². The molecule has 1 aliphatic rings. The molecule has 1 atom stereocenters. The van der Waals surface area contributed by atoms with Gasteiger partial charge in [-0.2, -0.15) is 0 Å². The van der Waals surface area contributed by atoms with Crippen molar-refractivity contribution in [2.45, 2.75) is 39.8 Å². The third-order valence-corrected chi connectivity index (χ3v) is 3.78. The Balaban J connectivity index is 2.02. The van der Waals surface area contributed by atoms with E-state index in [0.29, 0.717) is 6.04 Å². The third-order valence-electron chi connectivity index (χ3n) is 3.78. The molecule has 0 aliphatic carbocycles. The second-order valence-electron chi connectivity index (χ2n) is 5.04. The van der Waals surface area contributed by atoms with Gasteiger partial charge in [0.1, 0.15) is 0 Å². The molecule has 0 fully saturated rings. The molecule has 0 radical (unpaired) electrons. The molecular weight excluding hydrogens is 208 g/mol. The van der Waals surface area contributed by atoms with Crippen molar-refractivity contribution in [3.05, 3.63) is 34.9 Å².